The van der Waals surface area contributed by atoms with Gasteiger partial charge in [-0.05, 0) is 31.2 Å². The number of aryl methyl sites for hydroxylation is 2. The third kappa shape index (κ3) is 2.87. The van der Waals surface area contributed by atoms with Crippen LogP contribution in [0.25, 0.3) is 11.0 Å². The molecule has 1 aromatic carbocycles. The van der Waals surface area contributed by atoms with E-state index in [1.54, 1.807) is 10.9 Å². The number of nitrogens with zero attached hydrogens (tertiary/aromatic N) is 4. The fraction of sp³-hybridized carbons (Fsp3) is 0.211. The number of carbonyl (C=O) groups excluding carboxylic acids is 1. The van der Waals surface area contributed by atoms with Crippen LogP contribution in [0.2, 0.25) is 0 Å². The number of rotatable bonds is 3. The lowest BCUT2D eigenvalue weighted by molar-refractivity contribution is 0.102. The average Bonchev–Trinajstić information content (AvgIpc) is 3.24. The number of fused-ring (bicyclic) bond motifs is 1. The molecular formula is C19H19N5O. The van der Waals surface area contributed by atoms with Crippen molar-refractivity contribution in [2.75, 3.05) is 23.3 Å². The Morgan fingerprint density at radius 2 is 2.00 bits per heavy atom. The summed E-state index contributed by atoms with van der Waals surface area (Å²) in [6, 6.07) is 9.59. The Morgan fingerprint density at radius 3 is 2.80 bits per heavy atom. The first-order valence-corrected chi connectivity index (χ1v) is 8.22. The number of carbonyl (C=O) groups is 1. The van der Waals surface area contributed by atoms with Crippen molar-refractivity contribution in [1.29, 1.82) is 0 Å². The van der Waals surface area contributed by atoms with E-state index in [0.29, 0.717) is 11.3 Å². The second-order valence-electron chi connectivity index (χ2n) is 6.19. The zero-order valence-corrected chi connectivity index (χ0v) is 14.2. The lowest BCUT2D eigenvalue weighted by Crippen LogP contribution is -2.19. The van der Waals surface area contributed by atoms with E-state index in [1.807, 2.05) is 44.3 Å². The molecule has 3 heterocycles. The fourth-order valence-electron chi connectivity index (χ4n) is 3.11. The van der Waals surface area contributed by atoms with Gasteiger partial charge in [-0.1, -0.05) is 18.2 Å². The Labute approximate surface area is 145 Å². The van der Waals surface area contributed by atoms with Crippen LogP contribution in [0, 0.1) is 6.92 Å². The molecule has 1 amide bonds. The Hall–Kier alpha value is -3.15. The van der Waals surface area contributed by atoms with Gasteiger partial charge in [-0.3, -0.25) is 9.48 Å². The maximum absolute atomic E-state index is 12.6. The first kappa shape index (κ1) is 15.4. The van der Waals surface area contributed by atoms with Crippen molar-refractivity contribution in [1.82, 2.24) is 14.8 Å². The van der Waals surface area contributed by atoms with Crippen LogP contribution < -0.4 is 10.2 Å². The van der Waals surface area contributed by atoms with Crippen LogP contribution in [0.1, 0.15) is 16.1 Å². The molecule has 1 aliphatic heterocycles. The molecule has 0 unspecified atom stereocenters. The van der Waals surface area contributed by atoms with Crippen molar-refractivity contribution in [2.24, 2.45) is 7.05 Å². The Bertz CT molecular complexity index is 981. The van der Waals surface area contributed by atoms with Gasteiger partial charge in [-0.15, -0.1) is 0 Å². The van der Waals surface area contributed by atoms with Crippen LogP contribution in [0.15, 0.2) is 48.7 Å². The molecule has 1 N–H and O–H groups in total. The molecule has 2 aromatic heterocycles. The van der Waals surface area contributed by atoms with Gasteiger partial charge < -0.3 is 10.2 Å². The number of anilines is 2. The zero-order valence-electron chi connectivity index (χ0n) is 14.2. The van der Waals surface area contributed by atoms with E-state index in [4.69, 9.17) is 0 Å². The molecule has 0 saturated carbocycles. The van der Waals surface area contributed by atoms with Gasteiger partial charge >= 0.3 is 0 Å². The van der Waals surface area contributed by atoms with Crippen molar-refractivity contribution in [3.63, 3.8) is 0 Å². The van der Waals surface area contributed by atoms with Gasteiger partial charge in [0.2, 0.25) is 0 Å². The number of hydrogen-bond donors (Lipinski definition) is 1. The van der Waals surface area contributed by atoms with Gasteiger partial charge in [0, 0.05) is 36.8 Å². The first-order valence-electron chi connectivity index (χ1n) is 8.22. The monoisotopic (exact) mass is 333 g/mol. The molecule has 0 aliphatic carbocycles. The molecule has 0 bridgehead atoms. The minimum Gasteiger partial charge on any atom is -0.364 e. The third-order valence-corrected chi connectivity index (χ3v) is 4.41. The highest BCUT2D eigenvalue weighted by Gasteiger charge is 2.13. The molecule has 3 aromatic rings. The first-order chi connectivity index (χ1) is 12.1. The highest BCUT2D eigenvalue weighted by atomic mass is 16.1. The number of hydrogen-bond acceptors (Lipinski definition) is 4. The van der Waals surface area contributed by atoms with Crippen LogP contribution in [0.5, 0.6) is 0 Å². The number of benzene rings is 1. The van der Waals surface area contributed by atoms with Crippen LogP contribution >= 0.6 is 0 Å². The van der Waals surface area contributed by atoms with Crippen molar-refractivity contribution in [2.45, 2.75) is 6.92 Å². The summed E-state index contributed by atoms with van der Waals surface area (Å²) in [5.41, 5.74) is 4.05. The van der Waals surface area contributed by atoms with Crippen molar-refractivity contribution in [3.05, 3.63) is 59.9 Å². The number of pyridine rings is 1. The second-order valence-corrected chi connectivity index (χ2v) is 6.19. The van der Waals surface area contributed by atoms with Gasteiger partial charge in [0.05, 0.1) is 17.6 Å². The quantitative estimate of drug-likeness (QED) is 0.749. The topological polar surface area (TPSA) is 63.1 Å². The van der Waals surface area contributed by atoms with Crippen molar-refractivity contribution < 1.29 is 4.79 Å². The normalized spacial score (nSPS) is 13.6. The minimum absolute atomic E-state index is 0.142. The van der Waals surface area contributed by atoms with Crippen LogP contribution in [-0.2, 0) is 7.05 Å². The van der Waals surface area contributed by atoms with E-state index in [-0.39, 0.29) is 5.91 Å². The SMILES string of the molecule is Cc1nn(C)c2ncc(NC(=O)c3cccc(N4CC=CC4)c3)cc12. The molecule has 6 heteroatoms. The van der Waals surface area contributed by atoms with E-state index < -0.39 is 0 Å². The molecule has 25 heavy (non-hydrogen) atoms. The van der Waals surface area contributed by atoms with E-state index in [0.717, 1.165) is 35.5 Å². The van der Waals surface area contributed by atoms with Gasteiger partial charge in [0.25, 0.3) is 5.91 Å². The summed E-state index contributed by atoms with van der Waals surface area (Å²) < 4.78 is 1.74. The summed E-state index contributed by atoms with van der Waals surface area (Å²) in [6.07, 6.45) is 5.92. The van der Waals surface area contributed by atoms with Gasteiger partial charge in [0.15, 0.2) is 5.65 Å². The Kier molecular flexibility index (Phi) is 3.72. The van der Waals surface area contributed by atoms with Crippen LogP contribution in [-0.4, -0.2) is 33.8 Å². The lowest BCUT2D eigenvalue weighted by atomic mass is 10.1. The summed E-state index contributed by atoms with van der Waals surface area (Å²) in [5.74, 6) is -0.142. The smallest absolute Gasteiger partial charge is 0.255 e. The second kappa shape index (κ2) is 6.05. The van der Waals surface area contributed by atoms with Gasteiger partial charge in [-0.2, -0.15) is 5.10 Å². The summed E-state index contributed by atoms with van der Waals surface area (Å²) in [5, 5.41) is 8.23. The maximum atomic E-state index is 12.6. The fourth-order valence-corrected chi connectivity index (χ4v) is 3.11. The molecule has 0 spiro atoms. The summed E-state index contributed by atoms with van der Waals surface area (Å²) >= 11 is 0. The molecular weight excluding hydrogens is 314 g/mol. The predicted octanol–water partition coefficient (Wildman–Crippen LogP) is 2.91. The molecule has 0 fully saturated rings. The molecule has 0 atom stereocenters. The highest BCUT2D eigenvalue weighted by molar-refractivity contribution is 6.05. The van der Waals surface area contributed by atoms with E-state index in [2.05, 4.69) is 32.5 Å². The number of aromatic nitrogens is 3. The van der Waals surface area contributed by atoms with Gasteiger partial charge in [-0.25, -0.2) is 4.98 Å². The van der Waals surface area contributed by atoms with Gasteiger partial charge in [0.1, 0.15) is 0 Å². The minimum atomic E-state index is -0.142. The highest BCUT2D eigenvalue weighted by Crippen LogP contribution is 2.21. The van der Waals surface area contributed by atoms with Crippen LogP contribution in [0.4, 0.5) is 11.4 Å². The standard InChI is InChI=1S/C19H19N5O/c1-13-17-11-15(12-20-18(17)23(2)22-13)21-19(25)14-6-5-7-16(10-14)24-8-3-4-9-24/h3-7,10-12H,8-9H2,1-2H3,(H,21,25). The Balaban J connectivity index is 1.57. The predicted molar refractivity (Wildman–Crippen MR) is 99.0 cm³/mol. The molecule has 4 rings (SSSR count). The number of amides is 1. The Morgan fingerprint density at radius 1 is 1.20 bits per heavy atom. The molecule has 126 valence electrons. The van der Waals surface area contributed by atoms with Crippen molar-refractivity contribution in [3.8, 4) is 0 Å². The number of nitrogens with one attached hydrogen (secondary N) is 1. The van der Waals surface area contributed by atoms with Crippen molar-refractivity contribution >= 4 is 28.3 Å². The summed E-state index contributed by atoms with van der Waals surface area (Å²) in [6.45, 7) is 3.70. The van der Waals surface area contributed by atoms with E-state index in [9.17, 15) is 4.79 Å². The summed E-state index contributed by atoms with van der Waals surface area (Å²) in [4.78, 5) is 19.2. The van der Waals surface area contributed by atoms with Crippen LogP contribution in [0.3, 0.4) is 0 Å². The van der Waals surface area contributed by atoms with E-state index >= 15 is 0 Å². The van der Waals surface area contributed by atoms with E-state index in [1.165, 1.54) is 0 Å². The largest absolute Gasteiger partial charge is 0.364 e. The maximum Gasteiger partial charge on any atom is 0.255 e. The third-order valence-electron chi connectivity index (χ3n) is 4.41. The molecule has 0 radical (unpaired) electrons. The zero-order chi connectivity index (χ0) is 17.4. The molecule has 1 aliphatic rings. The molecule has 0 saturated heterocycles. The summed E-state index contributed by atoms with van der Waals surface area (Å²) in [7, 11) is 1.86. The average molecular weight is 333 g/mol. The molecule has 6 nitrogen and oxygen atoms in total. The lowest BCUT2D eigenvalue weighted by Gasteiger charge is -2.18.